The number of nitrogens with two attached hydrogens (primary N) is 3. The fourth-order valence-corrected chi connectivity index (χ4v) is 3.21. The lowest BCUT2D eigenvalue weighted by Gasteiger charge is -2.28. The van der Waals surface area contributed by atoms with Gasteiger partial charge in [-0.3, -0.25) is 19.4 Å². The summed E-state index contributed by atoms with van der Waals surface area (Å²) in [5, 5.41) is 17.3. The number of rotatable bonds is 16. The molecule has 0 heterocycles. The van der Waals surface area contributed by atoms with E-state index in [1.807, 2.05) is 20.8 Å². The van der Waals surface area contributed by atoms with E-state index in [9.17, 15) is 24.3 Å². The highest BCUT2D eigenvalue weighted by Gasteiger charge is 2.32. The van der Waals surface area contributed by atoms with Gasteiger partial charge < -0.3 is 38.3 Å². The van der Waals surface area contributed by atoms with Crippen molar-refractivity contribution < 1.29 is 24.3 Å². The molecule has 0 saturated carbocycles. The average molecular weight is 504 g/mol. The molecular weight excluding hydrogens is 462 g/mol. The molecule has 0 aromatic rings. The topological polar surface area (TPSA) is 215 Å². The molecule has 0 aliphatic rings. The lowest BCUT2D eigenvalue weighted by atomic mass is 9.96. The van der Waals surface area contributed by atoms with Crippen molar-refractivity contribution in [2.24, 2.45) is 34.0 Å². The molecular formula is C21H41N7O5S. The van der Waals surface area contributed by atoms with E-state index in [-0.39, 0.29) is 42.9 Å². The molecule has 0 fully saturated rings. The lowest BCUT2D eigenvalue weighted by Crippen LogP contribution is -2.59. The van der Waals surface area contributed by atoms with E-state index in [0.29, 0.717) is 12.8 Å². The first-order valence-corrected chi connectivity index (χ1v) is 12.0. The molecule has 0 saturated heterocycles. The van der Waals surface area contributed by atoms with Crippen LogP contribution in [0.25, 0.3) is 0 Å². The van der Waals surface area contributed by atoms with Crippen molar-refractivity contribution in [3.8, 4) is 0 Å². The van der Waals surface area contributed by atoms with E-state index in [0.717, 1.165) is 0 Å². The van der Waals surface area contributed by atoms with Crippen LogP contribution < -0.4 is 33.2 Å². The minimum absolute atomic E-state index is 0.0236. The highest BCUT2D eigenvalue weighted by atomic mass is 32.1. The lowest BCUT2D eigenvalue weighted by molar-refractivity contribution is -0.142. The molecule has 0 bridgehead atoms. The summed E-state index contributed by atoms with van der Waals surface area (Å²) in [6.07, 6.45) is 1.30. The molecule has 0 aromatic carbocycles. The molecule has 196 valence electrons. The molecule has 0 radical (unpaired) electrons. The van der Waals surface area contributed by atoms with Crippen LogP contribution in [-0.2, 0) is 19.2 Å². The number of guanidine groups is 1. The maximum Gasteiger partial charge on any atom is 0.326 e. The Kier molecular flexibility index (Phi) is 14.9. The van der Waals surface area contributed by atoms with Crippen LogP contribution in [-0.4, -0.2) is 71.2 Å². The number of amides is 3. The Morgan fingerprint density at radius 2 is 1.56 bits per heavy atom. The summed E-state index contributed by atoms with van der Waals surface area (Å²) in [7, 11) is 0. The molecule has 3 amide bonds. The summed E-state index contributed by atoms with van der Waals surface area (Å²) in [6.45, 7) is 7.63. The van der Waals surface area contributed by atoms with Crippen LogP contribution in [0.15, 0.2) is 4.99 Å². The zero-order valence-electron chi connectivity index (χ0n) is 20.4. The predicted molar refractivity (Wildman–Crippen MR) is 134 cm³/mol. The highest BCUT2D eigenvalue weighted by molar-refractivity contribution is 7.80. The van der Waals surface area contributed by atoms with Crippen molar-refractivity contribution >= 4 is 42.3 Å². The van der Waals surface area contributed by atoms with Gasteiger partial charge in [-0.2, -0.15) is 12.6 Å². The number of carboxylic acids is 1. The largest absolute Gasteiger partial charge is 0.480 e. The van der Waals surface area contributed by atoms with Gasteiger partial charge in [0.25, 0.3) is 0 Å². The van der Waals surface area contributed by atoms with E-state index in [2.05, 4.69) is 33.6 Å². The molecule has 12 nitrogen and oxygen atoms in total. The first-order valence-electron chi connectivity index (χ1n) is 11.4. The van der Waals surface area contributed by atoms with Gasteiger partial charge in [0.15, 0.2) is 5.96 Å². The SMILES string of the molecule is CCC(C)C(NC(=O)C(N)CS)C(=O)NC(CC(C)C)C(=O)NC(CCCN=C(N)N)C(=O)O. The molecule has 5 atom stereocenters. The van der Waals surface area contributed by atoms with Crippen LogP contribution in [0, 0.1) is 11.8 Å². The van der Waals surface area contributed by atoms with Crippen LogP contribution in [0.4, 0.5) is 0 Å². The molecule has 5 unspecified atom stereocenters. The zero-order chi connectivity index (χ0) is 26.4. The minimum Gasteiger partial charge on any atom is -0.480 e. The second kappa shape index (κ2) is 16.1. The fourth-order valence-electron chi connectivity index (χ4n) is 3.04. The monoisotopic (exact) mass is 503 g/mol. The average Bonchev–Trinajstić information content (AvgIpc) is 2.76. The van der Waals surface area contributed by atoms with E-state index < -0.39 is 47.9 Å². The number of carbonyl (C=O) groups excluding carboxylic acids is 3. The van der Waals surface area contributed by atoms with Gasteiger partial charge in [0.05, 0.1) is 6.04 Å². The van der Waals surface area contributed by atoms with E-state index in [1.165, 1.54) is 0 Å². The van der Waals surface area contributed by atoms with Gasteiger partial charge in [0, 0.05) is 12.3 Å². The number of nitrogens with one attached hydrogen (secondary N) is 3. The molecule has 13 heteroatoms. The van der Waals surface area contributed by atoms with Crippen molar-refractivity contribution in [3.63, 3.8) is 0 Å². The van der Waals surface area contributed by atoms with Crippen molar-refractivity contribution in [1.82, 2.24) is 16.0 Å². The summed E-state index contributed by atoms with van der Waals surface area (Å²) in [4.78, 5) is 53.7. The van der Waals surface area contributed by atoms with Crippen LogP contribution in [0.5, 0.6) is 0 Å². The predicted octanol–water partition coefficient (Wildman–Crippen LogP) is -1.07. The third-order valence-corrected chi connectivity index (χ3v) is 5.62. The van der Waals surface area contributed by atoms with Crippen LogP contribution in [0.3, 0.4) is 0 Å². The molecule has 0 rings (SSSR count). The van der Waals surface area contributed by atoms with Crippen molar-refractivity contribution in [2.45, 2.75) is 77.5 Å². The normalized spacial score (nSPS) is 15.4. The smallest absolute Gasteiger partial charge is 0.326 e. The van der Waals surface area contributed by atoms with Crippen molar-refractivity contribution in [3.05, 3.63) is 0 Å². The Bertz CT molecular complexity index is 716. The second-order valence-electron chi connectivity index (χ2n) is 8.70. The first-order chi connectivity index (χ1) is 15.8. The Labute approximate surface area is 206 Å². The van der Waals surface area contributed by atoms with Gasteiger partial charge in [-0.25, -0.2) is 4.79 Å². The van der Waals surface area contributed by atoms with Gasteiger partial charge in [0.2, 0.25) is 17.7 Å². The first kappa shape index (κ1) is 31.5. The fraction of sp³-hybridized carbons (Fsp3) is 0.762. The van der Waals surface area contributed by atoms with E-state index >= 15 is 0 Å². The van der Waals surface area contributed by atoms with Gasteiger partial charge in [0.1, 0.15) is 18.1 Å². The number of nitrogens with zero attached hydrogens (tertiary/aromatic N) is 1. The summed E-state index contributed by atoms with van der Waals surface area (Å²) >= 11 is 4.01. The summed E-state index contributed by atoms with van der Waals surface area (Å²) in [5.41, 5.74) is 16.2. The number of thiol groups is 1. The molecule has 0 aliphatic carbocycles. The zero-order valence-corrected chi connectivity index (χ0v) is 21.3. The Morgan fingerprint density at radius 1 is 0.971 bits per heavy atom. The molecule has 0 spiro atoms. The summed E-state index contributed by atoms with van der Waals surface area (Å²) < 4.78 is 0. The molecule has 0 aromatic heterocycles. The maximum atomic E-state index is 13.1. The van der Waals surface area contributed by atoms with Crippen molar-refractivity contribution in [2.75, 3.05) is 12.3 Å². The maximum absolute atomic E-state index is 13.1. The minimum atomic E-state index is -1.21. The summed E-state index contributed by atoms with van der Waals surface area (Å²) in [5.74, 6) is -3.11. The quantitative estimate of drug-likeness (QED) is 0.0560. The van der Waals surface area contributed by atoms with Crippen LogP contribution >= 0.6 is 12.6 Å². The Morgan fingerprint density at radius 3 is 2.03 bits per heavy atom. The van der Waals surface area contributed by atoms with Crippen molar-refractivity contribution in [1.29, 1.82) is 0 Å². The number of hydrogen-bond acceptors (Lipinski definition) is 7. The molecule has 0 aliphatic heterocycles. The Hall–Kier alpha value is -2.54. The molecule has 10 N–H and O–H groups in total. The van der Waals surface area contributed by atoms with Gasteiger partial charge >= 0.3 is 5.97 Å². The van der Waals surface area contributed by atoms with Crippen LogP contribution in [0.2, 0.25) is 0 Å². The van der Waals surface area contributed by atoms with Gasteiger partial charge in [-0.1, -0.05) is 34.1 Å². The number of carboxylic acid groups (broad SMARTS) is 1. The number of carbonyl (C=O) groups is 4. The van der Waals surface area contributed by atoms with E-state index in [1.54, 1.807) is 6.92 Å². The molecule has 34 heavy (non-hydrogen) atoms. The third kappa shape index (κ3) is 12.1. The van der Waals surface area contributed by atoms with Crippen LogP contribution in [0.1, 0.15) is 53.4 Å². The standard InChI is InChI=1S/C21H41N7O5S/c1-5-12(4)16(28-17(29)13(22)10-34)19(31)27-15(9-11(2)3)18(30)26-14(20(32)33)7-6-8-25-21(23)24/h11-16,34H,5-10,22H2,1-4H3,(H,26,30)(H,27,31)(H,28,29)(H,32,33)(H4,23,24,25). The number of aliphatic carboxylic acids is 1. The number of hydrogen-bond donors (Lipinski definition) is 8. The number of aliphatic imine (C=N–C) groups is 1. The van der Waals surface area contributed by atoms with Gasteiger partial charge in [-0.05, 0) is 31.1 Å². The Balaban J connectivity index is 5.46. The third-order valence-electron chi connectivity index (χ3n) is 5.23. The van der Waals surface area contributed by atoms with Gasteiger partial charge in [-0.15, -0.1) is 0 Å². The second-order valence-corrected chi connectivity index (χ2v) is 9.06. The van der Waals surface area contributed by atoms with E-state index in [4.69, 9.17) is 17.2 Å². The summed E-state index contributed by atoms with van der Waals surface area (Å²) in [6, 6.07) is -3.96. The highest BCUT2D eigenvalue weighted by Crippen LogP contribution is 2.12.